The molecule has 0 saturated carbocycles. The maximum atomic E-state index is 4.02. The van der Waals surface area contributed by atoms with Crippen molar-refractivity contribution in [3.05, 3.63) is 270 Å². The normalized spacial score (nSPS) is 12.5. The van der Waals surface area contributed by atoms with Gasteiger partial charge in [-0.15, -0.1) is 0 Å². The predicted octanol–water partition coefficient (Wildman–Crippen LogP) is 16.7. The zero-order valence-electron chi connectivity index (χ0n) is 39.2. The number of aryl methyl sites for hydroxylation is 3. The molecule has 0 amide bonds. The average molecular weight is 880 g/mol. The fourth-order valence-corrected chi connectivity index (χ4v) is 10.6. The third-order valence-corrected chi connectivity index (χ3v) is 14.3. The molecule has 20 bridgehead atoms. The molecule has 39 rings (SSSR count). The summed E-state index contributed by atoms with van der Waals surface area (Å²) in [7, 11) is 0. The zero-order valence-corrected chi connectivity index (χ0v) is 39.2. The second-order valence-electron chi connectivity index (χ2n) is 18.8. The summed E-state index contributed by atoms with van der Waals surface area (Å²) in [5.74, 6) is 0. The monoisotopic (exact) mass is 879 g/mol. The van der Waals surface area contributed by atoms with Gasteiger partial charge in [0, 0.05) is 5.70 Å². The Balaban J connectivity index is 0.892. The molecule has 326 valence electrons. The first kappa shape index (κ1) is 41.9. The lowest BCUT2D eigenvalue weighted by Crippen LogP contribution is -2.48. The van der Waals surface area contributed by atoms with Crippen molar-refractivity contribution >= 4 is 23.5 Å². The molecule has 10 aromatic rings. The smallest absolute Gasteiger partial charge is 0.322 e. The Morgan fingerprint density at radius 1 is 0.246 bits per heavy atom. The van der Waals surface area contributed by atoms with Crippen LogP contribution in [-0.4, -0.2) is 6.85 Å². The van der Waals surface area contributed by atoms with Gasteiger partial charge in [-0.05, 0) is 138 Å². The van der Waals surface area contributed by atoms with E-state index in [0.717, 1.165) is 5.70 Å². The molecule has 0 radical (unpaired) electrons. The minimum atomic E-state index is -0.00802. The lowest BCUT2D eigenvalue weighted by Gasteiger charge is -2.28. The lowest BCUT2D eigenvalue weighted by molar-refractivity contribution is 1.30. The Bertz CT molecular complexity index is 3520. The van der Waals surface area contributed by atoms with Crippen LogP contribution in [0.15, 0.2) is 243 Å². The van der Waals surface area contributed by atoms with E-state index < -0.39 is 0 Å². The second kappa shape index (κ2) is 17.6. The standard InChI is InChI=1S/C67H50BN/c1-44-42-45(2)67(46(3)43-44)68-65-40-41-66(69-68)64-38-34-62(35-39-64)60-30-26-58(27-31-60)56-22-18-54(19-23-56)52-14-10-50(11-15-52)48-6-4-47(5-7-48)49-8-12-51(13-9-49)53-16-20-55(21-17-53)57-24-28-59(29-25-57)61-32-36-63(65)37-33-61/h4-43,69H,1-3H3. The molecule has 0 saturated heterocycles. The molecule has 10 aromatic carbocycles. The van der Waals surface area contributed by atoms with Crippen LogP contribution < -0.4 is 10.7 Å². The summed E-state index contributed by atoms with van der Waals surface area (Å²) in [6, 6.07) is 85.3. The Labute approximate surface area is 407 Å². The second-order valence-corrected chi connectivity index (χ2v) is 18.8. The summed E-state index contributed by atoms with van der Waals surface area (Å²) in [6.07, 6.45) is 4.57. The van der Waals surface area contributed by atoms with Crippen LogP contribution in [0, 0.1) is 20.8 Å². The molecule has 0 spiro atoms. The van der Waals surface area contributed by atoms with Crippen molar-refractivity contribution in [3.63, 3.8) is 0 Å². The van der Waals surface area contributed by atoms with Crippen LogP contribution in [-0.2, 0) is 0 Å². The van der Waals surface area contributed by atoms with Gasteiger partial charge in [-0.3, -0.25) is 0 Å². The van der Waals surface area contributed by atoms with Crippen LogP contribution >= 0.6 is 0 Å². The molecular weight excluding hydrogens is 830 g/mol. The summed E-state index contributed by atoms with van der Waals surface area (Å²) in [4.78, 5) is 0. The van der Waals surface area contributed by atoms with Gasteiger partial charge < -0.3 is 5.23 Å². The largest absolute Gasteiger partial charge is 0.420 e. The van der Waals surface area contributed by atoms with E-state index in [2.05, 4.69) is 269 Å². The summed E-state index contributed by atoms with van der Waals surface area (Å²) in [6.45, 7) is 6.68. The van der Waals surface area contributed by atoms with E-state index in [0.29, 0.717) is 0 Å². The molecule has 15 aliphatic heterocycles. The average Bonchev–Trinajstić information content (AvgIpc) is 3.41. The summed E-state index contributed by atoms with van der Waals surface area (Å²) >= 11 is 0. The summed E-state index contributed by atoms with van der Waals surface area (Å²) in [5.41, 5.74) is 29.3. The minimum absolute atomic E-state index is 0.00802. The molecule has 0 atom stereocenters. The van der Waals surface area contributed by atoms with Gasteiger partial charge >= 0.3 is 6.85 Å². The SMILES string of the molecule is Cc1cc(C)c(B2NC3=CC=C2c2ccc(cc2)-c2ccc(cc2)-c2ccc(cc2)-c2ccc(cc2)-c2ccc(cc2)-c2ccc(cc2)-c2ccc(cc2)-c2ccc(cc2)-c2ccc3cc2)c(C)c1. The third-order valence-electron chi connectivity index (χ3n) is 14.3. The van der Waals surface area contributed by atoms with Gasteiger partial charge in [-0.2, -0.15) is 0 Å². The van der Waals surface area contributed by atoms with Crippen LogP contribution in [0.4, 0.5) is 0 Å². The topological polar surface area (TPSA) is 12.0 Å². The molecule has 14 aliphatic carbocycles. The van der Waals surface area contributed by atoms with Crippen LogP contribution in [0.1, 0.15) is 27.8 Å². The van der Waals surface area contributed by atoms with Gasteiger partial charge in [0.1, 0.15) is 0 Å². The Hall–Kier alpha value is -8.46. The van der Waals surface area contributed by atoms with Crippen molar-refractivity contribution in [2.24, 2.45) is 0 Å². The van der Waals surface area contributed by atoms with Crippen molar-refractivity contribution < 1.29 is 0 Å². The molecule has 0 fully saturated rings. The number of benzene rings is 10. The van der Waals surface area contributed by atoms with Gasteiger partial charge in [0.25, 0.3) is 0 Å². The number of hydrogen-bond donors (Lipinski definition) is 1. The first-order chi connectivity index (χ1) is 33.9. The first-order valence-corrected chi connectivity index (χ1v) is 24.1. The van der Waals surface area contributed by atoms with E-state index in [-0.39, 0.29) is 6.85 Å². The third kappa shape index (κ3) is 8.26. The molecule has 1 N–H and O–H groups in total. The molecule has 0 aromatic heterocycles. The molecular formula is C67H50BN. The predicted molar refractivity (Wildman–Crippen MR) is 295 cm³/mol. The van der Waals surface area contributed by atoms with E-state index in [1.807, 2.05) is 0 Å². The van der Waals surface area contributed by atoms with E-state index in [9.17, 15) is 0 Å². The fourth-order valence-electron chi connectivity index (χ4n) is 10.6. The van der Waals surface area contributed by atoms with Gasteiger partial charge in [0.15, 0.2) is 0 Å². The fraction of sp³-hybridized carbons (Fsp3) is 0.0448. The highest BCUT2D eigenvalue weighted by molar-refractivity contribution is 6.90. The minimum Gasteiger partial charge on any atom is -0.420 e. The van der Waals surface area contributed by atoms with Crippen molar-refractivity contribution in [3.8, 4) is 89.0 Å². The molecule has 2 heteroatoms. The van der Waals surface area contributed by atoms with Gasteiger partial charge in [0.05, 0.1) is 0 Å². The molecule has 15 heterocycles. The number of allylic oxidation sites excluding steroid dienone is 2. The highest BCUT2D eigenvalue weighted by atomic mass is 14.8. The van der Waals surface area contributed by atoms with Crippen LogP contribution in [0.3, 0.4) is 0 Å². The van der Waals surface area contributed by atoms with Crippen LogP contribution in [0.25, 0.3) is 100 Å². The molecule has 69 heavy (non-hydrogen) atoms. The zero-order chi connectivity index (χ0) is 46.4. The van der Waals surface area contributed by atoms with Crippen molar-refractivity contribution in [2.45, 2.75) is 20.8 Å². The molecule has 1 nitrogen and oxygen atoms in total. The molecule has 29 aliphatic rings. The number of hydrogen-bond acceptors (Lipinski definition) is 1. The number of rotatable bonds is 1. The Morgan fingerprint density at radius 3 is 0.681 bits per heavy atom. The van der Waals surface area contributed by atoms with Gasteiger partial charge in [0.2, 0.25) is 0 Å². The summed E-state index contributed by atoms with van der Waals surface area (Å²) < 4.78 is 0. The highest BCUT2D eigenvalue weighted by Gasteiger charge is 2.30. The van der Waals surface area contributed by atoms with Crippen LogP contribution in [0.5, 0.6) is 0 Å². The van der Waals surface area contributed by atoms with E-state index in [1.54, 1.807) is 0 Å². The van der Waals surface area contributed by atoms with Crippen LogP contribution in [0.2, 0.25) is 0 Å². The summed E-state index contributed by atoms with van der Waals surface area (Å²) in [5, 5.41) is 4.02. The van der Waals surface area contributed by atoms with E-state index >= 15 is 0 Å². The Morgan fingerprint density at radius 2 is 0.449 bits per heavy atom. The Kier molecular flexibility index (Phi) is 10.7. The van der Waals surface area contributed by atoms with E-state index in [4.69, 9.17) is 0 Å². The molecule has 0 unspecified atom stereocenters. The quantitative estimate of drug-likeness (QED) is 0.162. The maximum absolute atomic E-state index is 4.02. The van der Waals surface area contributed by atoms with Gasteiger partial charge in [-0.1, -0.05) is 253 Å². The van der Waals surface area contributed by atoms with Gasteiger partial charge in [-0.25, -0.2) is 0 Å². The maximum Gasteiger partial charge on any atom is 0.322 e. The van der Waals surface area contributed by atoms with Crippen molar-refractivity contribution in [2.75, 3.05) is 0 Å². The first-order valence-electron chi connectivity index (χ1n) is 24.1. The highest BCUT2D eigenvalue weighted by Crippen LogP contribution is 2.34. The number of nitrogens with one attached hydrogen (secondary N) is 1. The van der Waals surface area contributed by atoms with Crippen molar-refractivity contribution in [1.82, 2.24) is 5.23 Å². The van der Waals surface area contributed by atoms with E-state index in [1.165, 1.54) is 128 Å². The lowest BCUT2D eigenvalue weighted by atomic mass is 9.45. The van der Waals surface area contributed by atoms with Crippen molar-refractivity contribution in [1.29, 1.82) is 0 Å².